The van der Waals surface area contributed by atoms with Gasteiger partial charge in [0.25, 0.3) is 5.91 Å². The summed E-state index contributed by atoms with van der Waals surface area (Å²) in [4.78, 5) is 12.8. The van der Waals surface area contributed by atoms with Gasteiger partial charge in [-0.15, -0.1) is 5.10 Å². The number of carbonyl (C=O) groups is 1. The topological polar surface area (TPSA) is 156 Å². The average Bonchev–Trinajstić information content (AvgIpc) is 3.44. The minimum absolute atomic E-state index is 0.0153. The second-order valence-electron chi connectivity index (χ2n) is 7.25. The Bertz CT molecular complexity index is 1420. The Hall–Kier alpha value is -4.33. The molecule has 0 radical (unpaired) electrons. The second kappa shape index (κ2) is 10.9. The number of halogens is 2. The van der Waals surface area contributed by atoms with Gasteiger partial charge in [0, 0.05) is 5.56 Å². The van der Waals surface area contributed by atoms with Gasteiger partial charge in [0.1, 0.15) is 12.4 Å². The van der Waals surface area contributed by atoms with Crippen molar-refractivity contribution < 1.29 is 23.3 Å². The molecule has 0 fully saturated rings. The number of anilines is 1. The molecule has 0 aliphatic carbocycles. The standard InChI is InChI=1S/C22H20BrFN8O4/c1-3-34-17-9-13(8-15(23)19(17)35-11-14-6-4-5-7-16(14)24)10-26-28-22(33)18-12(2)27-31-32(18)21-20(25)29-36-30-21/h4-10H,3,11H2,1-2H3,(H2,25,29)(H,28,33)/b26-10+. The fraction of sp³-hybridized carbons (Fsp3) is 0.182. The number of hydrogen-bond donors (Lipinski definition) is 2. The van der Waals surface area contributed by atoms with Crippen molar-refractivity contribution >= 4 is 33.9 Å². The summed E-state index contributed by atoms with van der Waals surface area (Å²) in [5.41, 5.74) is 9.49. The molecule has 0 unspecified atom stereocenters. The van der Waals surface area contributed by atoms with Crippen molar-refractivity contribution in [3.63, 3.8) is 0 Å². The third-order valence-electron chi connectivity index (χ3n) is 4.79. The van der Waals surface area contributed by atoms with E-state index in [0.717, 1.165) is 4.68 Å². The molecule has 12 nitrogen and oxygen atoms in total. The molecule has 2 aromatic heterocycles. The minimum Gasteiger partial charge on any atom is -0.490 e. The number of nitrogens with two attached hydrogens (primary N) is 1. The maximum atomic E-state index is 14.0. The van der Waals surface area contributed by atoms with Gasteiger partial charge in [-0.2, -0.15) is 9.78 Å². The predicted octanol–water partition coefficient (Wildman–Crippen LogP) is 3.18. The first-order chi connectivity index (χ1) is 17.4. The molecule has 0 saturated heterocycles. The number of benzene rings is 2. The smallest absolute Gasteiger partial charge is 0.292 e. The summed E-state index contributed by atoms with van der Waals surface area (Å²) < 4.78 is 31.7. The number of hydrogen-bond acceptors (Lipinski definition) is 10. The largest absolute Gasteiger partial charge is 0.490 e. The molecule has 14 heteroatoms. The number of carbonyl (C=O) groups excluding carboxylic acids is 1. The van der Waals surface area contributed by atoms with Crippen LogP contribution in [0.15, 0.2) is 50.6 Å². The lowest BCUT2D eigenvalue weighted by Gasteiger charge is -2.15. The van der Waals surface area contributed by atoms with Crippen molar-refractivity contribution in [2.45, 2.75) is 20.5 Å². The molecule has 4 rings (SSSR count). The SMILES string of the molecule is CCOc1cc(/C=N/NC(=O)c2c(C)nnn2-c2nonc2N)cc(Br)c1OCc1ccccc1F. The third-order valence-corrected chi connectivity index (χ3v) is 5.38. The molecule has 0 spiro atoms. The van der Waals surface area contributed by atoms with E-state index in [1.807, 2.05) is 6.92 Å². The molecule has 3 N–H and O–H groups in total. The Labute approximate surface area is 212 Å². The molecule has 186 valence electrons. The van der Waals surface area contributed by atoms with Crippen molar-refractivity contribution in [1.29, 1.82) is 0 Å². The first-order valence-electron chi connectivity index (χ1n) is 10.6. The van der Waals surface area contributed by atoms with E-state index in [4.69, 9.17) is 15.2 Å². The second-order valence-corrected chi connectivity index (χ2v) is 8.10. The highest BCUT2D eigenvalue weighted by atomic mass is 79.9. The van der Waals surface area contributed by atoms with Crippen molar-refractivity contribution in [3.05, 3.63) is 69.2 Å². The average molecular weight is 559 g/mol. The van der Waals surface area contributed by atoms with Gasteiger partial charge in [-0.3, -0.25) is 4.79 Å². The van der Waals surface area contributed by atoms with E-state index in [-0.39, 0.29) is 29.8 Å². The van der Waals surface area contributed by atoms with Gasteiger partial charge in [0.05, 0.1) is 23.0 Å². The number of hydrazone groups is 1. The quantitative estimate of drug-likeness (QED) is 0.232. The van der Waals surface area contributed by atoms with Crippen LogP contribution in [0, 0.1) is 12.7 Å². The normalized spacial score (nSPS) is 11.1. The van der Waals surface area contributed by atoms with Gasteiger partial charge in [-0.25, -0.2) is 14.4 Å². The summed E-state index contributed by atoms with van der Waals surface area (Å²) in [7, 11) is 0. The molecule has 0 atom stereocenters. The van der Waals surface area contributed by atoms with Crippen LogP contribution in [0.3, 0.4) is 0 Å². The molecule has 2 heterocycles. The maximum Gasteiger partial charge on any atom is 0.292 e. The number of amides is 1. The van der Waals surface area contributed by atoms with Crippen molar-refractivity contribution in [1.82, 2.24) is 30.7 Å². The van der Waals surface area contributed by atoms with Gasteiger partial charge in [0.15, 0.2) is 17.2 Å². The minimum atomic E-state index is -0.606. The zero-order valence-electron chi connectivity index (χ0n) is 19.1. The van der Waals surface area contributed by atoms with E-state index in [1.165, 1.54) is 12.3 Å². The van der Waals surface area contributed by atoms with Crippen LogP contribution in [0.5, 0.6) is 11.5 Å². The first kappa shape index (κ1) is 24.8. The van der Waals surface area contributed by atoms with Gasteiger partial charge in [0.2, 0.25) is 11.6 Å². The Morgan fingerprint density at radius 3 is 2.83 bits per heavy atom. The van der Waals surface area contributed by atoms with E-state index in [2.05, 4.69) is 51.7 Å². The summed E-state index contributed by atoms with van der Waals surface area (Å²) in [6.45, 7) is 3.81. The highest BCUT2D eigenvalue weighted by Gasteiger charge is 2.23. The fourth-order valence-corrected chi connectivity index (χ4v) is 3.73. The number of nitrogens with one attached hydrogen (secondary N) is 1. The van der Waals surface area contributed by atoms with Crippen LogP contribution in [-0.4, -0.2) is 44.0 Å². The summed E-state index contributed by atoms with van der Waals surface area (Å²) in [5.74, 6) is -0.164. The molecule has 0 aliphatic heterocycles. The lowest BCUT2D eigenvalue weighted by molar-refractivity contribution is 0.0946. The van der Waals surface area contributed by atoms with Crippen molar-refractivity contribution in [2.75, 3.05) is 12.3 Å². The van der Waals surface area contributed by atoms with Crippen LogP contribution in [-0.2, 0) is 6.61 Å². The van der Waals surface area contributed by atoms with Gasteiger partial charge in [-0.1, -0.05) is 23.4 Å². The van der Waals surface area contributed by atoms with Gasteiger partial charge >= 0.3 is 0 Å². The van der Waals surface area contributed by atoms with E-state index in [1.54, 1.807) is 37.3 Å². The van der Waals surface area contributed by atoms with Crippen LogP contribution in [0.1, 0.15) is 34.2 Å². The summed E-state index contributed by atoms with van der Waals surface area (Å²) in [6, 6.07) is 9.75. The van der Waals surface area contributed by atoms with Crippen LogP contribution >= 0.6 is 15.9 Å². The van der Waals surface area contributed by atoms with Crippen molar-refractivity contribution in [3.8, 4) is 17.3 Å². The zero-order valence-corrected chi connectivity index (χ0v) is 20.7. The third kappa shape index (κ3) is 5.33. The number of rotatable bonds is 9. The summed E-state index contributed by atoms with van der Waals surface area (Å²) in [6.07, 6.45) is 1.42. The summed E-state index contributed by atoms with van der Waals surface area (Å²) in [5, 5.41) is 18.8. The van der Waals surface area contributed by atoms with E-state index in [9.17, 15) is 9.18 Å². The number of aromatic nitrogens is 5. The Kier molecular flexibility index (Phi) is 7.53. The van der Waals surface area contributed by atoms with E-state index in [0.29, 0.717) is 39.4 Å². The van der Waals surface area contributed by atoms with E-state index >= 15 is 0 Å². The molecular weight excluding hydrogens is 539 g/mol. The zero-order chi connectivity index (χ0) is 25.7. The number of nitrogens with zero attached hydrogens (tertiary/aromatic N) is 6. The lowest BCUT2D eigenvalue weighted by Crippen LogP contribution is -2.22. The van der Waals surface area contributed by atoms with E-state index < -0.39 is 5.91 Å². The number of aryl methyl sites for hydroxylation is 1. The Balaban J connectivity index is 1.51. The first-order valence-corrected chi connectivity index (χ1v) is 11.3. The van der Waals surface area contributed by atoms with Crippen LogP contribution in [0.25, 0.3) is 5.82 Å². The molecule has 0 bridgehead atoms. The Morgan fingerprint density at radius 1 is 1.31 bits per heavy atom. The highest BCUT2D eigenvalue weighted by molar-refractivity contribution is 9.10. The van der Waals surface area contributed by atoms with Crippen LogP contribution in [0.2, 0.25) is 0 Å². The lowest BCUT2D eigenvalue weighted by atomic mass is 10.2. The fourth-order valence-electron chi connectivity index (χ4n) is 3.15. The Morgan fingerprint density at radius 2 is 2.11 bits per heavy atom. The van der Waals surface area contributed by atoms with Crippen LogP contribution in [0.4, 0.5) is 10.2 Å². The molecule has 0 aliphatic rings. The molecule has 36 heavy (non-hydrogen) atoms. The van der Waals surface area contributed by atoms with Gasteiger partial charge < -0.3 is 15.2 Å². The highest BCUT2D eigenvalue weighted by Crippen LogP contribution is 2.37. The van der Waals surface area contributed by atoms with Crippen molar-refractivity contribution in [2.24, 2.45) is 5.10 Å². The molecule has 4 aromatic rings. The molecule has 2 aromatic carbocycles. The molecular formula is C22H20BrFN8O4. The molecule has 0 saturated carbocycles. The molecule has 1 amide bonds. The van der Waals surface area contributed by atoms with Crippen LogP contribution < -0.4 is 20.6 Å². The predicted molar refractivity (Wildman–Crippen MR) is 129 cm³/mol. The maximum absolute atomic E-state index is 14.0. The number of ether oxygens (including phenoxy) is 2. The monoisotopic (exact) mass is 558 g/mol. The summed E-state index contributed by atoms with van der Waals surface area (Å²) >= 11 is 3.46. The number of nitrogen functional groups attached to an aromatic ring is 1. The van der Waals surface area contributed by atoms with Gasteiger partial charge in [-0.05, 0) is 63.9 Å².